The van der Waals surface area contributed by atoms with Crippen LogP contribution in [-0.4, -0.2) is 52.0 Å². The van der Waals surface area contributed by atoms with Gasteiger partial charge < -0.3 is 19.5 Å². The largest absolute Gasteiger partial charge is 0.497 e. The molecule has 2 aromatic heterocycles. The van der Waals surface area contributed by atoms with Gasteiger partial charge in [0.15, 0.2) is 5.82 Å². The van der Waals surface area contributed by atoms with Gasteiger partial charge in [0.1, 0.15) is 28.5 Å². The molecule has 10 heteroatoms. The van der Waals surface area contributed by atoms with Crippen LogP contribution in [0.2, 0.25) is 0 Å². The van der Waals surface area contributed by atoms with Crippen molar-refractivity contribution < 1.29 is 23.8 Å². The summed E-state index contributed by atoms with van der Waals surface area (Å²) >= 11 is 0. The molecule has 1 N–H and O–H groups in total. The summed E-state index contributed by atoms with van der Waals surface area (Å²) < 4.78 is 16.8. The number of aryl methyl sites for hydroxylation is 1. The van der Waals surface area contributed by atoms with Crippen molar-refractivity contribution in [1.29, 1.82) is 0 Å². The van der Waals surface area contributed by atoms with Gasteiger partial charge in [0.05, 0.1) is 26.5 Å². The summed E-state index contributed by atoms with van der Waals surface area (Å²) in [7, 11) is 3.23. The molecule has 0 saturated carbocycles. The molecule has 3 rings (SSSR count). The van der Waals surface area contributed by atoms with Gasteiger partial charge in [-0.3, -0.25) is 4.68 Å². The fourth-order valence-corrected chi connectivity index (χ4v) is 2.77. The lowest BCUT2D eigenvalue weighted by atomic mass is 10.2. The van der Waals surface area contributed by atoms with E-state index in [-0.39, 0.29) is 30.2 Å². The van der Waals surface area contributed by atoms with E-state index in [2.05, 4.69) is 20.4 Å². The van der Waals surface area contributed by atoms with Gasteiger partial charge >= 0.3 is 11.9 Å². The fraction of sp³-hybridized carbons (Fsp3) is 0.286. The lowest BCUT2D eigenvalue weighted by molar-refractivity contribution is 0.0518. The summed E-state index contributed by atoms with van der Waals surface area (Å²) in [6.07, 6.45) is 2.77. The Morgan fingerprint density at radius 1 is 1.00 bits per heavy atom. The number of carbonyl (C=O) groups excluding carboxylic acids is 2. The summed E-state index contributed by atoms with van der Waals surface area (Å²) in [4.78, 5) is 33.6. The van der Waals surface area contributed by atoms with E-state index in [1.54, 1.807) is 52.3 Å². The van der Waals surface area contributed by atoms with Gasteiger partial charge in [0, 0.05) is 18.8 Å². The molecule has 0 unspecified atom stereocenters. The quantitative estimate of drug-likeness (QED) is 0.543. The molecule has 0 amide bonds. The maximum atomic E-state index is 12.5. The Labute approximate surface area is 179 Å². The first-order valence-corrected chi connectivity index (χ1v) is 9.63. The highest BCUT2D eigenvalue weighted by atomic mass is 16.5. The summed E-state index contributed by atoms with van der Waals surface area (Å²) in [6.45, 7) is 3.83. The van der Waals surface area contributed by atoms with Gasteiger partial charge in [0.2, 0.25) is 0 Å². The lowest BCUT2D eigenvalue weighted by Gasteiger charge is -2.13. The van der Waals surface area contributed by atoms with Gasteiger partial charge in [0.25, 0.3) is 0 Å². The Hall–Kier alpha value is -3.95. The summed E-state index contributed by atoms with van der Waals surface area (Å²) in [5.74, 6) is 0.431. The zero-order valence-corrected chi connectivity index (χ0v) is 17.7. The molecular formula is C21H23N5O5. The minimum Gasteiger partial charge on any atom is -0.497 e. The van der Waals surface area contributed by atoms with Crippen LogP contribution in [0.1, 0.15) is 34.6 Å². The molecule has 0 spiro atoms. The van der Waals surface area contributed by atoms with Crippen molar-refractivity contribution in [3.05, 3.63) is 47.8 Å². The van der Waals surface area contributed by atoms with E-state index in [9.17, 15) is 9.59 Å². The van der Waals surface area contributed by atoms with Gasteiger partial charge in [-0.2, -0.15) is 5.10 Å². The van der Waals surface area contributed by atoms with Crippen LogP contribution in [0.3, 0.4) is 0 Å². The SMILES string of the molecule is CCOC(=O)c1cnc(-c2ccc(OC)cc2)nc1Nc1c(C(=O)OCC)cnn1C. The number of rotatable bonds is 8. The van der Waals surface area contributed by atoms with E-state index in [0.29, 0.717) is 17.4 Å². The van der Waals surface area contributed by atoms with Gasteiger partial charge in [-0.15, -0.1) is 0 Å². The molecule has 0 bridgehead atoms. The van der Waals surface area contributed by atoms with E-state index in [0.717, 1.165) is 5.56 Å². The maximum absolute atomic E-state index is 12.5. The monoisotopic (exact) mass is 425 g/mol. The number of esters is 2. The minimum atomic E-state index is -0.592. The highest BCUT2D eigenvalue weighted by molar-refractivity contribution is 5.98. The first kappa shape index (κ1) is 21.8. The Balaban J connectivity index is 2.05. The van der Waals surface area contributed by atoms with Crippen molar-refractivity contribution in [1.82, 2.24) is 19.7 Å². The average molecular weight is 425 g/mol. The maximum Gasteiger partial charge on any atom is 0.343 e. The van der Waals surface area contributed by atoms with Gasteiger partial charge in [-0.25, -0.2) is 19.6 Å². The van der Waals surface area contributed by atoms with E-state index < -0.39 is 11.9 Å². The van der Waals surface area contributed by atoms with Crippen molar-refractivity contribution >= 4 is 23.6 Å². The Bertz CT molecular complexity index is 1080. The molecule has 0 radical (unpaired) electrons. The van der Waals surface area contributed by atoms with E-state index in [4.69, 9.17) is 14.2 Å². The predicted octanol–water partition coefficient (Wildman–Crippen LogP) is 2.98. The number of nitrogens with zero attached hydrogens (tertiary/aromatic N) is 4. The number of ether oxygens (including phenoxy) is 3. The van der Waals surface area contributed by atoms with Crippen molar-refractivity contribution in [2.45, 2.75) is 13.8 Å². The minimum absolute atomic E-state index is 0.120. The summed E-state index contributed by atoms with van der Waals surface area (Å²) in [5, 5.41) is 7.13. The molecule has 0 fully saturated rings. The van der Waals surface area contributed by atoms with E-state index in [1.807, 2.05) is 0 Å². The molecule has 31 heavy (non-hydrogen) atoms. The zero-order valence-electron chi connectivity index (χ0n) is 17.7. The normalized spacial score (nSPS) is 10.5. The van der Waals surface area contributed by atoms with Crippen LogP contribution in [0, 0.1) is 0 Å². The van der Waals surface area contributed by atoms with Crippen LogP contribution in [0.4, 0.5) is 11.6 Å². The first-order valence-electron chi connectivity index (χ1n) is 9.63. The number of methoxy groups -OCH3 is 1. The second-order valence-electron chi connectivity index (χ2n) is 6.28. The molecule has 10 nitrogen and oxygen atoms in total. The van der Waals surface area contributed by atoms with Crippen LogP contribution in [0.5, 0.6) is 5.75 Å². The zero-order chi connectivity index (χ0) is 22.4. The third-order valence-electron chi connectivity index (χ3n) is 4.30. The molecule has 162 valence electrons. The topological polar surface area (TPSA) is 117 Å². The Morgan fingerprint density at radius 2 is 1.65 bits per heavy atom. The second kappa shape index (κ2) is 9.70. The second-order valence-corrected chi connectivity index (χ2v) is 6.28. The van der Waals surface area contributed by atoms with Crippen LogP contribution in [0.15, 0.2) is 36.7 Å². The number of hydrogen-bond acceptors (Lipinski definition) is 9. The van der Waals surface area contributed by atoms with Crippen molar-refractivity contribution in [2.75, 3.05) is 25.6 Å². The molecule has 0 aliphatic carbocycles. The van der Waals surface area contributed by atoms with Gasteiger partial charge in [-0.1, -0.05) is 0 Å². The number of benzene rings is 1. The molecule has 0 saturated heterocycles. The van der Waals surface area contributed by atoms with E-state index >= 15 is 0 Å². The van der Waals surface area contributed by atoms with E-state index in [1.165, 1.54) is 17.1 Å². The van der Waals surface area contributed by atoms with Crippen LogP contribution in [0.25, 0.3) is 11.4 Å². The van der Waals surface area contributed by atoms with Crippen molar-refractivity contribution in [2.24, 2.45) is 7.05 Å². The molecule has 1 aromatic carbocycles. The number of aromatic nitrogens is 4. The third-order valence-corrected chi connectivity index (χ3v) is 4.30. The highest BCUT2D eigenvalue weighted by Crippen LogP contribution is 2.26. The molecule has 0 atom stereocenters. The van der Waals surface area contributed by atoms with Crippen LogP contribution in [-0.2, 0) is 16.5 Å². The van der Waals surface area contributed by atoms with Crippen molar-refractivity contribution in [3.63, 3.8) is 0 Å². The highest BCUT2D eigenvalue weighted by Gasteiger charge is 2.22. The molecule has 2 heterocycles. The first-order chi connectivity index (χ1) is 15.0. The predicted molar refractivity (Wildman–Crippen MR) is 112 cm³/mol. The average Bonchev–Trinajstić information content (AvgIpc) is 3.14. The molecule has 3 aromatic rings. The van der Waals surface area contributed by atoms with Crippen LogP contribution >= 0.6 is 0 Å². The molecule has 0 aliphatic heterocycles. The number of anilines is 2. The number of nitrogens with one attached hydrogen (secondary N) is 1. The van der Waals surface area contributed by atoms with Crippen LogP contribution < -0.4 is 10.1 Å². The van der Waals surface area contributed by atoms with Gasteiger partial charge in [-0.05, 0) is 38.1 Å². The number of carbonyl (C=O) groups is 2. The third kappa shape index (κ3) is 4.80. The summed E-state index contributed by atoms with van der Waals surface area (Å²) in [5.41, 5.74) is 1.05. The number of hydrogen-bond donors (Lipinski definition) is 1. The summed E-state index contributed by atoms with van der Waals surface area (Å²) in [6, 6.07) is 7.17. The standard InChI is InChI=1S/C21H23N5O5/c1-5-30-20(27)15-11-22-17(13-7-9-14(29-4)10-8-13)24-18(15)25-19-16(12-23-26(19)3)21(28)31-6-2/h7-12H,5-6H2,1-4H3,(H,22,24,25). The molecule has 0 aliphatic rings. The Morgan fingerprint density at radius 3 is 2.26 bits per heavy atom. The Kier molecular flexibility index (Phi) is 6.81. The smallest absolute Gasteiger partial charge is 0.343 e. The lowest BCUT2D eigenvalue weighted by Crippen LogP contribution is -2.14. The van der Waals surface area contributed by atoms with Crippen molar-refractivity contribution in [3.8, 4) is 17.1 Å². The fourth-order valence-electron chi connectivity index (χ4n) is 2.77. The molecular weight excluding hydrogens is 402 g/mol.